The molecule has 0 saturated carbocycles. The Morgan fingerprint density at radius 3 is 2.77 bits per heavy atom. The van der Waals surface area contributed by atoms with Crippen molar-refractivity contribution in [3.63, 3.8) is 0 Å². The molecule has 2 nitrogen and oxygen atoms in total. The topological polar surface area (TPSA) is 21.6 Å². The molecule has 0 amide bonds. The van der Waals surface area contributed by atoms with E-state index in [1.165, 1.54) is 25.7 Å². The first kappa shape index (κ1) is 10.6. The van der Waals surface area contributed by atoms with Crippen LogP contribution < -0.4 is 0 Å². The molecule has 0 bridgehead atoms. The smallest absolute Gasteiger partial charge is 0.183 e. The molecule has 2 heteroatoms. The number of unbranched alkanes of at least 4 members (excludes halogenated alkanes) is 3. The van der Waals surface area contributed by atoms with Gasteiger partial charge in [0.15, 0.2) is 5.90 Å². The Balaban J connectivity index is 2.03. The Labute approximate surface area is 81.4 Å². The Hall–Kier alpha value is -0.530. The van der Waals surface area contributed by atoms with E-state index in [-0.39, 0.29) is 0 Å². The first-order valence-electron chi connectivity index (χ1n) is 5.56. The van der Waals surface area contributed by atoms with Gasteiger partial charge in [0.25, 0.3) is 0 Å². The number of nitrogens with zero attached hydrogens (tertiary/aromatic N) is 1. The normalized spacial score (nSPS) is 21.4. The van der Waals surface area contributed by atoms with Gasteiger partial charge in [0.05, 0.1) is 6.54 Å². The monoisotopic (exact) mass is 183 g/mol. The van der Waals surface area contributed by atoms with Crippen molar-refractivity contribution in [1.82, 2.24) is 0 Å². The molecule has 0 aromatic rings. The minimum atomic E-state index is 0.376. The highest BCUT2D eigenvalue weighted by Gasteiger charge is 2.16. The highest BCUT2D eigenvalue weighted by molar-refractivity contribution is 5.77. The van der Waals surface area contributed by atoms with E-state index in [0.717, 1.165) is 25.3 Å². The summed E-state index contributed by atoms with van der Waals surface area (Å²) in [5.74, 6) is 1.00. The Bertz CT molecular complexity index is 165. The predicted octanol–water partition coefficient (Wildman–Crippen LogP) is 3.16. The third kappa shape index (κ3) is 3.79. The van der Waals surface area contributed by atoms with Crippen LogP contribution >= 0.6 is 0 Å². The van der Waals surface area contributed by atoms with Gasteiger partial charge in [-0.15, -0.1) is 0 Å². The van der Waals surface area contributed by atoms with E-state index in [1.807, 2.05) is 0 Å². The van der Waals surface area contributed by atoms with Crippen LogP contribution in [0.25, 0.3) is 0 Å². The zero-order valence-electron chi connectivity index (χ0n) is 8.88. The molecule has 76 valence electrons. The fraction of sp³-hybridized carbons (Fsp3) is 0.909. The zero-order valence-corrected chi connectivity index (χ0v) is 8.88. The van der Waals surface area contributed by atoms with Gasteiger partial charge in [-0.1, -0.05) is 33.1 Å². The summed E-state index contributed by atoms with van der Waals surface area (Å²) in [7, 11) is 0. The molecule has 0 saturated heterocycles. The van der Waals surface area contributed by atoms with Crippen LogP contribution in [0.3, 0.4) is 0 Å². The third-order valence-electron chi connectivity index (χ3n) is 2.47. The zero-order chi connectivity index (χ0) is 9.52. The van der Waals surface area contributed by atoms with Crippen molar-refractivity contribution in [3.05, 3.63) is 0 Å². The summed E-state index contributed by atoms with van der Waals surface area (Å²) in [4.78, 5) is 4.38. The fourth-order valence-corrected chi connectivity index (χ4v) is 1.52. The Morgan fingerprint density at radius 1 is 1.31 bits per heavy atom. The van der Waals surface area contributed by atoms with Crippen molar-refractivity contribution in [2.45, 2.75) is 58.5 Å². The third-order valence-corrected chi connectivity index (χ3v) is 2.47. The average Bonchev–Trinajstić information content (AvgIpc) is 2.60. The summed E-state index contributed by atoms with van der Waals surface area (Å²) in [6.07, 6.45) is 7.70. The number of rotatable bonds is 6. The first-order chi connectivity index (χ1) is 6.36. The lowest BCUT2D eigenvalue weighted by Gasteiger charge is -2.07. The van der Waals surface area contributed by atoms with Gasteiger partial charge in [0.1, 0.15) is 6.10 Å². The van der Waals surface area contributed by atoms with Crippen LogP contribution in [0.2, 0.25) is 0 Å². The Morgan fingerprint density at radius 2 is 2.15 bits per heavy atom. The molecule has 0 aromatic carbocycles. The van der Waals surface area contributed by atoms with E-state index in [4.69, 9.17) is 4.74 Å². The van der Waals surface area contributed by atoms with Crippen LogP contribution in [0, 0.1) is 0 Å². The van der Waals surface area contributed by atoms with E-state index in [2.05, 4.69) is 18.8 Å². The summed E-state index contributed by atoms with van der Waals surface area (Å²) in [6.45, 7) is 5.27. The molecule has 1 rings (SSSR count). The maximum Gasteiger partial charge on any atom is 0.183 e. The molecule has 0 radical (unpaired) electrons. The summed E-state index contributed by atoms with van der Waals surface area (Å²) in [6, 6.07) is 0. The number of hydrogen-bond acceptors (Lipinski definition) is 2. The average molecular weight is 183 g/mol. The number of hydrogen-bond donors (Lipinski definition) is 0. The van der Waals surface area contributed by atoms with Crippen LogP contribution in [0.4, 0.5) is 0 Å². The SMILES string of the molecule is CCCCCCC1=NCC(CC)O1. The summed E-state index contributed by atoms with van der Waals surface area (Å²) >= 11 is 0. The molecule has 1 unspecified atom stereocenters. The lowest BCUT2D eigenvalue weighted by Crippen LogP contribution is -2.11. The van der Waals surface area contributed by atoms with Crippen molar-refractivity contribution in [2.24, 2.45) is 4.99 Å². The van der Waals surface area contributed by atoms with Crippen LogP contribution in [0.5, 0.6) is 0 Å². The molecule has 1 heterocycles. The summed E-state index contributed by atoms with van der Waals surface area (Å²) < 4.78 is 5.64. The molecule has 0 spiro atoms. The highest BCUT2D eigenvalue weighted by Crippen LogP contribution is 2.13. The second-order valence-corrected chi connectivity index (χ2v) is 3.69. The van der Waals surface area contributed by atoms with Gasteiger partial charge >= 0.3 is 0 Å². The van der Waals surface area contributed by atoms with Gasteiger partial charge in [-0.25, -0.2) is 0 Å². The highest BCUT2D eigenvalue weighted by atomic mass is 16.5. The molecule has 0 fully saturated rings. The second-order valence-electron chi connectivity index (χ2n) is 3.69. The first-order valence-corrected chi connectivity index (χ1v) is 5.56. The quantitative estimate of drug-likeness (QED) is 0.580. The molecule has 0 aromatic heterocycles. The summed E-state index contributed by atoms with van der Waals surface area (Å²) in [5.41, 5.74) is 0. The molecular weight excluding hydrogens is 162 g/mol. The van der Waals surface area contributed by atoms with Gasteiger partial charge < -0.3 is 4.74 Å². The molecular formula is C11H21NO. The van der Waals surface area contributed by atoms with Crippen molar-refractivity contribution in [3.8, 4) is 0 Å². The van der Waals surface area contributed by atoms with E-state index < -0.39 is 0 Å². The molecule has 1 aliphatic heterocycles. The fourth-order valence-electron chi connectivity index (χ4n) is 1.52. The van der Waals surface area contributed by atoms with Gasteiger partial charge in [0, 0.05) is 6.42 Å². The van der Waals surface area contributed by atoms with Gasteiger partial charge in [0.2, 0.25) is 0 Å². The van der Waals surface area contributed by atoms with Crippen molar-refractivity contribution in [1.29, 1.82) is 0 Å². The lowest BCUT2D eigenvalue weighted by molar-refractivity contribution is 0.213. The lowest BCUT2D eigenvalue weighted by atomic mass is 10.1. The van der Waals surface area contributed by atoms with E-state index in [0.29, 0.717) is 6.10 Å². The second kappa shape index (κ2) is 6.01. The van der Waals surface area contributed by atoms with Crippen molar-refractivity contribution in [2.75, 3.05) is 6.54 Å². The van der Waals surface area contributed by atoms with Crippen molar-refractivity contribution >= 4 is 5.90 Å². The molecule has 1 atom stereocenters. The molecule has 1 aliphatic rings. The maximum atomic E-state index is 5.64. The van der Waals surface area contributed by atoms with E-state index in [9.17, 15) is 0 Å². The summed E-state index contributed by atoms with van der Waals surface area (Å²) in [5, 5.41) is 0. The number of ether oxygens (including phenoxy) is 1. The van der Waals surface area contributed by atoms with Crippen LogP contribution in [-0.2, 0) is 4.74 Å². The maximum absolute atomic E-state index is 5.64. The standard InChI is InChI=1S/C11H21NO/c1-3-5-6-7-8-11-12-9-10(4-2)13-11/h10H,3-9H2,1-2H3. The Kier molecular flexibility index (Phi) is 4.87. The molecule has 0 aliphatic carbocycles. The largest absolute Gasteiger partial charge is 0.476 e. The molecule has 13 heavy (non-hydrogen) atoms. The van der Waals surface area contributed by atoms with Crippen LogP contribution in [0.15, 0.2) is 4.99 Å². The predicted molar refractivity (Wildman–Crippen MR) is 56.2 cm³/mol. The van der Waals surface area contributed by atoms with E-state index >= 15 is 0 Å². The van der Waals surface area contributed by atoms with E-state index in [1.54, 1.807) is 0 Å². The minimum absolute atomic E-state index is 0.376. The molecule has 0 N–H and O–H groups in total. The van der Waals surface area contributed by atoms with Crippen LogP contribution in [-0.4, -0.2) is 18.5 Å². The van der Waals surface area contributed by atoms with Gasteiger partial charge in [-0.3, -0.25) is 4.99 Å². The van der Waals surface area contributed by atoms with Crippen molar-refractivity contribution < 1.29 is 4.74 Å². The van der Waals surface area contributed by atoms with Gasteiger partial charge in [-0.05, 0) is 12.8 Å². The van der Waals surface area contributed by atoms with Crippen LogP contribution in [0.1, 0.15) is 52.4 Å². The number of aliphatic imine (C=N–C) groups is 1. The minimum Gasteiger partial charge on any atom is -0.476 e. The van der Waals surface area contributed by atoms with Gasteiger partial charge in [-0.2, -0.15) is 0 Å².